The highest BCUT2D eigenvalue weighted by Gasteiger charge is 2.70. The van der Waals surface area contributed by atoms with Crippen LogP contribution in [0.25, 0.3) is 43.8 Å². The topological polar surface area (TPSA) is 0 Å². The van der Waals surface area contributed by atoms with Crippen molar-refractivity contribution in [1.82, 2.24) is 0 Å². The quantitative estimate of drug-likeness (QED) is 0.209. The standard InChI is InChI=1S/C40H36/c1-3-7-32-29(5-1)22-30-6-2-4-8-33(30)39(32)28-11-9-26(10-12-28)27-13-15-31(16-14-27)40-23-25-18-35-34-17-24(20-37(35)40)21-38(40)36(34)19-25/h1-16,22,24-25,34-38H,17-21,23H2. The van der Waals surface area contributed by atoms with Crippen LogP contribution in [0.2, 0.25) is 0 Å². The molecule has 0 aliphatic heterocycles. The van der Waals surface area contributed by atoms with Crippen molar-refractivity contribution in [3.05, 3.63) is 109 Å². The van der Waals surface area contributed by atoms with Crippen LogP contribution < -0.4 is 0 Å². The monoisotopic (exact) mass is 516 g/mol. The van der Waals surface area contributed by atoms with Gasteiger partial charge in [-0.25, -0.2) is 0 Å². The Morgan fingerprint density at radius 2 is 1.00 bits per heavy atom. The molecular weight excluding hydrogens is 480 g/mol. The van der Waals surface area contributed by atoms with Crippen molar-refractivity contribution in [3.63, 3.8) is 0 Å². The van der Waals surface area contributed by atoms with Crippen molar-refractivity contribution in [1.29, 1.82) is 0 Å². The average Bonchev–Trinajstić information content (AvgIpc) is 3.02. The molecule has 5 aromatic rings. The smallest absolute Gasteiger partial charge is 0.00178 e. The Labute approximate surface area is 237 Å². The molecule has 5 aromatic carbocycles. The maximum atomic E-state index is 2.56. The van der Waals surface area contributed by atoms with Crippen molar-refractivity contribution in [2.45, 2.75) is 43.9 Å². The molecule has 0 nitrogen and oxygen atoms in total. The van der Waals surface area contributed by atoms with Gasteiger partial charge in [0.15, 0.2) is 0 Å². The maximum Gasteiger partial charge on any atom is 0.00178 e. The summed E-state index contributed by atoms with van der Waals surface area (Å²) in [5.41, 5.74) is 7.53. The molecule has 0 heteroatoms. The molecule has 0 heterocycles. The van der Waals surface area contributed by atoms with Crippen molar-refractivity contribution >= 4 is 21.5 Å². The summed E-state index contributed by atoms with van der Waals surface area (Å²) in [6.07, 6.45) is 9.25. The fourth-order valence-corrected chi connectivity index (χ4v) is 11.6. The average molecular weight is 517 g/mol. The van der Waals surface area contributed by atoms with Gasteiger partial charge in [0.1, 0.15) is 0 Å². The van der Waals surface area contributed by atoms with E-state index in [9.17, 15) is 0 Å². The Hall–Kier alpha value is -3.38. The summed E-state index contributed by atoms with van der Waals surface area (Å²) in [5, 5.41) is 5.28. The number of hydrogen-bond donors (Lipinski definition) is 0. The van der Waals surface area contributed by atoms with Crippen LogP contribution in [-0.2, 0) is 5.41 Å². The molecule has 0 spiro atoms. The van der Waals surface area contributed by atoms with Crippen LogP contribution in [0.1, 0.15) is 44.1 Å². The minimum Gasteiger partial charge on any atom is -0.0616 e. The molecule has 7 aliphatic rings. The van der Waals surface area contributed by atoms with E-state index in [0.717, 1.165) is 41.4 Å². The van der Waals surface area contributed by atoms with Gasteiger partial charge in [0.2, 0.25) is 0 Å². The normalized spacial score (nSPS) is 34.8. The molecule has 0 radical (unpaired) electrons. The van der Waals surface area contributed by atoms with E-state index < -0.39 is 0 Å². The van der Waals surface area contributed by atoms with Crippen LogP contribution >= 0.6 is 0 Å². The second-order valence-electron chi connectivity index (χ2n) is 14.2. The molecule has 0 aromatic heterocycles. The third-order valence-corrected chi connectivity index (χ3v) is 12.8. The van der Waals surface area contributed by atoms with Crippen LogP contribution in [0.5, 0.6) is 0 Å². The van der Waals surface area contributed by atoms with Gasteiger partial charge in [0.05, 0.1) is 0 Å². The van der Waals surface area contributed by atoms with Gasteiger partial charge in [-0.05, 0) is 135 Å². The summed E-state index contributed by atoms with van der Waals surface area (Å²) < 4.78 is 0. The summed E-state index contributed by atoms with van der Waals surface area (Å²) in [5.74, 6) is 7.18. The van der Waals surface area contributed by atoms with E-state index >= 15 is 0 Å². The Balaban J connectivity index is 1.02. The Morgan fingerprint density at radius 1 is 0.475 bits per heavy atom. The summed E-state index contributed by atoms with van der Waals surface area (Å²) in [6.45, 7) is 0. The zero-order valence-corrected chi connectivity index (χ0v) is 23.1. The fourth-order valence-electron chi connectivity index (χ4n) is 11.6. The minimum atomic E-state index is 0.502. The highest BCUT2D eigenvalue weighted by molar-refractivity contribution is 6.12. The number of benzene rings is 5. The lowest BCUT2D eigenvalue weighted by Gasteiger charge is -2.74. The van der Waals surface area contributed by atoms with Crippen LogP contribution in [0.4, 0.5) is 0 Å². The first-order valence-corrected chi connectivity index (χ1v) is 15.9. The molecule has 8 bridgehead atoms. The van der Waals surface area contributed by atoms with Crippen molar-refractivity contribution in [2.24, 2.45) is 41.4 Å². The molecule has 0 N–H and O–H groups in total. The first-order chi connectivity index (χ1) is 19.8. The zero-order chi connectivity index (χ0) is 26.0. The van der Waals surface area contributed by atoms with E-state index in [1.165, 1.54) is 63.1 Å². The predicted octanol–water partition coefficient (Wildman–Crippen LogP) is 10.3. The summed E-state index contributed by atoms with van der Waals surface area (Å²) in [4.78, 5) is 0. The Morgan fingerprint density at radius 3 is 1.62 bits per heavy atom. The molecule has 7 aliphatic carbocycles. The van der Waals surface area contributed by atoms with Gasteiger partial charge < -0.3 is 0 Å². The number of hydrogen-bond acceptors (Lipinski definition) is 0. The number of fused-ring (bicyclic) bond motifs is 2. The predicted molar refractivity (Wildman–Crippen MR) is 166 cm³/mol. The van der Waals surface area contributed by atoms with Gasteiger partial charge in [-0.2, -0.15) is 0 Å². The molecule has 7 saturated carbocycles. The highest BCUT2D eigenvalue weighted by Crippen LogP contribution is 2.76. The molecule has 0 amide bonds. The maximum absolute atomic E-state index is 2.56. The summed E-state index contributed by atoms with van der Waals surface area (Å²) >= 11 is 0. The van der Waals surface area contributed by atoms with E-state index in [1.54, 1.807) is 24.8 Å². The van der Waals surface area contributed by atoms with Gasteiger partial charge in [-0.3, -0.25) is 0 Å². The minimum absolute atomic E-state index is 0.502. The van der Waals surface area contributed by atoms with E-state index in [0.29, 0.717) is 5.41 Å². The third-order valence-electron chi connectivity index (χ3n) is 12.8. The van der Waals surface area contributed by atoms with Gasteiger partial charge in [0, 0.05) is 5.41 Å². The van der Waals surface area contributed by atoms with Gasteiger partial charge in [-0.1, -0.05) is 97.1 Å². The Bertz CT molecular complexity index is 1710. The first kappa shape index (κ1) is 22.3. The van der Waals surface area contributed by atoms with Crippen LogP contribution in [0, 0.1) is 41.4 Å². The molecule has 40 heavy (non-hydrogen) atoms. The number of rotatable bonds is 3. The zero-order valence-electron chi connectivity index (χ0n) is 23.1. The molecular formula is C40H36. The first-order valence-electron chi connectivity index (χ1n) is 15.9. The molecule has 7 fully saturated rings. The van der Waals surface area contributed by atoms with Crippen molar-refractivity contribution in [2.75, 3.05) is 0 Å². The van der Waals surface area contributed by atoms with Gasteiger partial charge >= 0.3 is 0 Å². The van der Waals surface area contributed by atoms with Crippen molar-refractivity contribution < 1.29 is 0 Å². The lowest BCUT2D eigenvalue weighted by atomic mass is 9.30. The van der Waals surface area contributed by atoms with Gasteiger partial charge in [-0.15, -0.1) is 0 Å². The lowest BCUT2D eigenvalue weighted by molar-refractivity contribution is -0.220. The lowest BCUT2D eigenvalue weighted by Crippen LogP contribution is -2.69. The SMILES string of the molecule is c1ccc2c(-c3ccc(-c4ccc(C56CC7CC8C9CC(CC85)CC6C9C7)cc4)cc3)c3ccccc3cc2c1. The van der Waals surface area contributed by atoms with Crippen LogP contribution in [0.3, 0.4) is 0 Å². The Kier molecular flexibility index (Phi) is 4.40. The van der Waals surface area contributed by atoms with Gasteiger partial charge in [0.25, 0.3) is 0 Å². The largest absolute Gasteiger partial charge is 0.0616 e. The fraction of sp³-hybridized carbons (Fsp3) is 0.350. The summed E-state index contributed by atoms with van der Waals surface area (Å²) in [6, 6.07) is 39.4. The second kappa shape index (κ2) is 7.88. The van der Waals surface area contributed by atoms with E-state index in [-0.39, 0.29) is 0 Å². The van der Waals surface area contributed by atoms with Crippen LogP contribution in [-0.4, -0.2) is 0 Å². The van der Waals surface area contributed by atoms with E-state index in [4.69, 9.17) is 0 Å². The van der Waals surface area contributed by atoms with Crippen molar-refractivity contribution in [3.8, 4) is 22.3 Å². The van der Waals surface area contributed by atoms with E-state index in [1.807, 2.05) is 0 Å². The summed E-state index contributed by atoms with van der Waals surface area (Å²) in [7, 11) is 0. The third kappa shape index (κ3) is 2.83. The highest BCUT2D eigenvalue weighted by atomic mass is 14.7. The molecule has 196 valence electrons. The van der Waals surface area contributed by atoms with Crippen LogP contribution in [0.15, 0.2) is 103 Å². The molecule has 0 saturated heterocycles. The molecule has 4 atom stereocenters. The second-order valence-corrected chi connectivity index (χ2v) is 14.2. The molecule has 12 rings (SSSR count). The molecule has 4 unspecified atom stereocenters. The van der Waals surface area contributed by atoms with E-state index in [2.05, 4.69) is 103 Å².